The zero-order valence-corrected chi connectivity index (χ0v) is 16.2. The van der Waals surface area contributed by atoms with Crippen molar-refractivity contribution in [2.75, 3.05) is 18.1 Å². The highest BCUT2D eigenvalue weighted by atomic mass is 35.5. The highest BCUT2D eigenvalue weighted by Crippen LogP contribution is 2.22. The number of amides is 1. The van der Waals surface area contributed by atoms with Crippen molar-refractivity contribution >= 4 is 41.0 Å². The largest absolute Gasteiger partial charge is 0.454 e. The van der Waals surface area contributed by atoms with E-state index in [1.165, 1.54) is 6.08 Å². The molecule has 0 unspecified atom stereocenters. The molecule has 0 spiro atoms. The van der Waals surface area contributed by atoms with E-state index in [2.05, 4.69) is 0 Å². The summed E-state index contributed by atoms with van der Waals surface area (Å²) in [6.07, 6.45) is 4.17. The van der Waals surface area contributed by atoms with Crippen LogP contribution >= 0.6 is 11.6 Å². The third-order valence-corrected chi connectivity index (χ3v) is 4.91. The number of halogens is 1. The Morgan fingerprint density at radius 2 is 2.04 bits per heavy atom. The van der Waals surface area contributed by atoms with Crippen LogP contribution in [0.1, 0.15) is 34.3 Å². The van der Waals surface area contributed by atoms with Crippen molar-refractivity contribution in [3.8, 4) is 0 Å². The first kappa shape index (κ1) is 19.8. The molecule has 0 aromatic heterocycles. The lowest BCUT2D eigenvalue weighted by Gasteiger charge is -2.16. The van der Waals surface area contributed by atoms with E-state index in [0.717, 1.165) is 17.5 Å². The molecule has 1 fully saturated rings. The number of rotatable bonds is 6. The minimum atomic E-state index is -0.615. The first-order chi connectivity index (χ1) is 13.4. The smallest absolute Gasteiger partial charge is 0.331 e. The number of carbonyl (C=O) groups excluding carboxylic acids is 3. The van der Waals surface area contributed by atoms with E-state index >= 15 is 0 Å². The summed E-state index contributed by atoms with van der Waals surface area (Å²) in [6.45, 7) is 2.18. The lowest BCUT2D eigenvalue weighted by Crippen LogP contribution is -2.24. The molecule has 0 atom stereocenters. The van der Waals surface area contributed by atoms with Crippen LogP contribution in [-0.2, 0) is 14.3 Å². The number of benzene rings is 2. The number of anilines is 1. The van der Waals surface area contributed by atoms with Gasteiger partial charge in [0.15, 0.2) is 12.4 Å². The average molecular weight is 398 g/mol. The van der Waals surface area contributed by atoms with Gasteiger partial charge in [0.1, 0.15) is 0 Å². The van der Waals surface area contributed by atoms with Crippen molar-refractivity contribution in [1.29, 1.82) is 0 Å². The molecule has 6 heteroatoms. The number of carbonyl (C=O) groups is 3. The van der Waals surface area contributed by atoms with Gasteiger partial charge in [-0.15, -0.1) is 0 Å². The van der Waals surface area contributed by atoms with E-state index < -0.39 is 5.97 Å². The second-order valence-electron chi connectivity index (χ2n) is 6.57. The van der Waals surface area contributed by atoms with Crippen LogP contribution in [0.5, 0.6) is 0 Å². The van der Waals surface area contributed by atoms with Gasteiger partial charge in [-0.3, -0.25) is 9.59 Å². The van der Waals surface area contributed by atoms with Gasteiger partial charge in [0.25, 0.3) is 0 Å². The summed E-state index contributed by atoms with van der Waals surface area (Å²) >= 11 is 6.05. The van der Waals surface area contributed by atoms with Gasteiger partial charge in [-0.1, -0.05) is 35.9 Å². The average Bonchev–Trinajstić information content (AvgIpc) is 3.13. The number of Topliss-reactive ketones (excluding diaryl/α,β-unsaturated/α-hetero) is 1. The molecule has 1 heterocycles. The molecule has 0 N–H and O–H groups in total. The normalized spacial score (nSPS) is 13.9. The molecule has 144 valence electrons. The highest BCUT2D eigenvalue weighted by molar-refractivity contribution is 6.31. The maximum atomic E-state index is 12.3. The topological polar surface area (TPSA) is 63.7 Å². The fraction of sp³-hybridized carbons (Fsp3) is 0.227. The van der Waals surface area contributed by atoms with E-state index in [0.29, 0.717) is 29.2 Å². The first-order valence-corrected chi connectivity index (χ1v) is 9.36. The van der Waals surface area contributed by atoms with Crippen LogP contribution in [0.25, 0.3) is 6.08 Å². The van der Waals surface area contributed by atoms with Crippen molar-refractivity contribution < 1.29 is 19.1 Å². The molecule has 5 nitrogen and oxygen atoms in total. The molecular weight excluding hydrogens is 378 g/mol. The molecule has 0 saturated carbocycles. The van der Waals surface area contributed by atoms with Gasteiger partial charge in [0.2, 0.25) is 5.91 Å². The fourth-order valence-corrected chi connectivity index (χ4v) is 3.10. The summed E-state index contributed by atoms with van der Waals surface area (Å²) < 4.78 is 5.03. The molecule has 1 amide bonds. The Kier molecular flexibility index (Phi) is 6.26. The van der Waals surface area contributed by atoms with Gasteiger partial charge in [-0.05, 0) is 48.7 Å². The third-order valence-electron chi connectivity index (χ3n) is 4.51. The molecular formula is C22H20ClNO4. The minimum Gasteiger partial charge on any atom is -0.454 e. The Balaban J connectivity index is 1.57. The predicted molar refractivity (Wildman–Crippen MR) is 109 cm³/mol. The molecule has 28 heavy (non-hydrogen) atoms. The Labute approximate surface area is 168 Å². The fourth-order valence-electron chi connectivity index (χ4n) is 2.91. The van der Waals surface area contributed by atoms with Gasteiger partial charge >= 0.3 is 5.97 Å². The van der Waals surface area contributed by atoms with E-state index in [1.807, 2.05) is 19.1 Å². The van der Waals surface area contributed by atoms with Crippen molar-refractivity contribution in [1.82, 2.24) is 0 Å². The molecule has 0 aliphatic carbocycles. The lowest BCUT2D eigenvalue weighted by atomic mass is 10.1. The Bertz CT molecular complexity index is 951. The van der Waals surface area contributed by atoms with Crippen LogP contribution in [-0.4, -0.2) is 30.8 Å². The van der Waals surface area contributed by atoms with E-state index in [-0.39, 0.29) is 18.3 Å². The van der Waals surface area contributed by atoms with Crippen molar-refractivity contribution in [2.24, 2.45) is 0 Å². The summed E-state index contributed by atoms with van der Waals surface area (Å²) in [6, 6.07) is 12.2. The second kappa shape index (κ2) is 8.85. The van der Waals surface area contributed by atoms with Crippen LogP contribution < -0.4 is 4.90 Å². The van der Waals surface area contributed by atoms with Gasteiger partial charge in [0.05, 0.1) is 0 Å². The quantitative estimate of drug-likeness (QED) is 0.416. The zero-order valence-electron chi connectivity index (χ0n) is 15.5. The molecule has 1 aliphatic heterocycles. The standard InChI is InChI=1S/C22H20ClNO4/c1-15-7-8-16(12-19(15)23)9-10-22(27)28-14-20(25)17-4-2-5-18(13-17)24-11-3-6-21(24)26/h2,4-5,7-10,12-13H,3,6,11,14H2,1H3/b10-9+. The van der Waals surface area contributed by atoms with Gasteiger partial charge in [-0.2, -0.15) is 0 Å². The molecule has 1 aliphatic rings. The molecule has 1 saturated heterocycles. The molecule has 2 aromatic carbocycles. The van der Waals surface area contributed by atoms with Crippen molar-refractivity contribution in [2.45, 2.75) is 19.8 Å². The number of hydrogen-bond acceptors (Lipinski definition) is 4. The van der Waals surface area contributed by atoms with Gasteiger partial charge in [-0.25, -0.2) is 4.79 Å². The van der Waals surface area contributed by atoms with Crippen LogP contribution in [0.3, 0.4) is 0 Å². The SMILES string of the molecule is Cc1ccc(/C=C/C(=O)OCC(=O)c2cccc(N3CCCC3=O)c2)cc1Cl. The van der Waals surface area contributed by atoms with Gasteiger partial charge < -0.3 is 9.64 Å². The summed E-state index contributed by atoms with van der Waals surface area (Å²) in [5.74, 6) is -0.887. The number of ketones is 1. The number of aryl methyl sites for hydroxylation is 1. The number of esters is 1. The zero-order chi connectivity index (χ0) is 20.1. The summed E-state index contributed by atoms with van der Waals surface area (Å²) in [4.78, 5) is 37.7. The van der Waals surface area contributed by atoms with Crippen LogP contribution in [0.2, 0.25) is 5.02 Å². The third kappa shape index (κ3) is 4.87. The molecule has 2 aromatic rings. The van der Waals surface area contributed by atoms with E-state index in [4.69, 9.17) is 16.3 Å². The monoisotopic (exact) mass is 397 g/mol. The van der Waals surface area contributed by atoms with Crippen LogP contribution in [0.15, 0.2) is 48.5 Å². The minimum absolute atomic E-state index is 0.0531. The van der Waals surface area contributed by atoms with Gasteiger partial charge in [0, 0.05) is 35.3 Å². The molecule has 3 rings (SSSR count). The van der Waals surface area contributed by atoms with Crippen molar-refractivity contribution in [3.05, 3.63) is 70.3 Å². The lowest BCUT2D eigenvalue weighted by molar-refractivity contribution is -0.136. The summed E-state index contributed by atoms with van der Waals surface area (Å²) in [5.41, 5.74) is 2.81. The Morgan fingerprint density at radius 3 is 2.75 bits per heavy atom. The summed E-state index contributed by atoms with van der Waals surface area (Å²) in [5, 5.41) is 0.613. The summed E-state index contributed by atoms with van der Waals surface area (Å²) in [7, 11) is 0. The number of hydrogen-bond donors (Lipinski definition) is 0. The Morgan fingerprint density at radius 1 is 1.21 bits per heavy atom. The Hall–Kier alpha value is -2.92. The highest BCUT2D eigenvalue weighted by Gasteiger charge is 2.22. The first-order valence-electron chi connectivity index (χ1n) is 8.98. The maximum Gasteiger partial charge on any atom is 0.331 e. The molecule has 0 radical (unpaired) electrons. The van der Waals surface area contributed by atoms with Crippen LogP contribution in [0, 0.1) is 6.92 Å². The van der Waals surface area contributed by atoms with E-state index in [1.54, 1.807) is 41.3 Å². The molecule has 0 bridgehead atoms. The van der Waals surface area contributed by atoms with Crippen molar-refractivity contribution in [3.63, 3.8) is 0 Å². The number of ether oxygens (including phenoxy) is 1. The van der Waals surface area contributed by atoms with E-state index in [9.17, 15) is 14.4 Å². The predicted octanol–water partition coefficient (Wildman–Crippen LogP) is 4.21. The second-order valence-corrected chi connectivity index (χ2v) is 6.98. The van der Waals surface area contributed by atoms with Crippen LogP contribution in [0.4, 0.5) is 5.69 Å². The maximum absolute atomic E-state index is 12.3. The number of nitrogens with zero attached hydrogens (tertiary/aromatic N) is 1.